The zero-order chi connectivity index (χ0) is 19.2. The lowest BCUT2D eigenvalue weighted by molar-refractivity contribution is 0.0601. The molecular formula is C22H23NO4. The highest BCUT2D eigenvalue weighted by Crippen LogP contribution is 2.19. The van der Waals surface area contributed by atoms with Gasteiger partial charge in [-0.3, -0.25) is 4.79 Å². The van der Waals surface area contributed by atoms with Crippen molar-refractivity contribution in [2.75, 3.05) is 0 Å². The van der Waals surface area contributed by atoms with Crippen LogP contribution in [0.1, 0.15) is 35.3 Å². The molecule has 0 bridgehead atoms. The van der Waals surface area contributed by atoms with E-state index in [4.69, 9.17) is 9.57 Å². The van der Waals surface area contributed by atoms with E-state index in [9.17, 15) is 9.90 Å². The van der Waals surface area contributed by atoms with Gasteiger partial charge in [0.1, 0.15) is 13.2 Å². The van der Waals surface area contributed by atoms with Crippen LogP contribution in [-0.2, 0) is 13.2 Å². The van der Waals surface area contributed by atoms with Gasteiger partial charge in [-0.1, -0.05) is 60.7 Å². The van der Waals surface area contributed by atoms with E-state index in [0.29, 0.717) is 23.6 Å². The van der Waals surface area contributed by atoms with E-state index in [-0.39, 0.29) is 6.61 Å². The van der Waals surface area contributed by atoms with E-state index >= 15 is 0 Å². The summed E-state index contributed by atoms with van der Waals surface area (Å²) in [6.07, 6.45) is -0.896. The normalized spacial score (nSPS) is 11.8. The molecule has 1 N–H and O–H groups in total. The van der Waals surface area contributed by atoms with Crippen LogP contribution in [0.25, 0.3) is 0 Å². The summed E-state index contributed by atoms with van der Waals surface area (Å²) in [5, 5.41) is 9.98. The van der Waals surface area contributed by atoms with Gasteiger partial charge in [0.15, 0.2) is 0 Å². The molecule has 0 amide bonds. The molecule has 3 aromatic rings. The summed E-state index contributed by atoms with van der Waals surface area (Å²) in [5.74, 6) is 0.307. The first-order valence-electron chi connectivity index (χ1n) is 8.85. The molecule has 1 unspecified atom stereocenters. The second-order valence-corrected chi connectivity index (χ2v) is 6.39. The van der Waals surface area contributed by atoms with E-state index in [1.165, 1.54) is 0 Å². The van der Waals surface area contributed by atoms with Crippen molar-refractivity contribution in [1.82, 2.24) is 4.73 Å². The van der Waals surface area contributed by atoms with Crippen LogP contribution in [-0.4, -0.2) is 9.84 Å². The Morgan fingerprint density at radius 3 is 2.07 bits per heavy atom. The molecule has 0 aliphatic heterocycles. The average molecular weight is 365 g/mol. The maximum atomic E-state index is 12.9. The zero-order valence-corrected chi connectivity index (χ0v) is 15.5. The molecule has 5 heteroatoms. The van der Waals surface area contributed by atoms with Crippen molar-refractivity contribution in [3.8, 4) is 5.88 Å². The monoisotopic (exact) mass is 365 g/mol. The predicted octanol–water partition coefficient (Wildman–Crippen LogP) is 3.42. The highest BCUT2D eigenvalue weighted by Gasteiger charge is 2.18. The van der Waals surface area contributed by atoms with Crippen LogP contribution < -0.4 is 15.1 Å². The predicted molar refractivity (Wildman–Crippen MR) is 104 cm³/mol. The van der Waals surface area contributed by atoms with Crippen LogP contribution >= 0.6 is 0 Å². The lowest BCUT2D eigenvalue weighted by atomic mass is 10.1. The first kappa shape index (κ1) is 18.7. The van der Waals surface area contributed by atoms with Gasteiger partial charge in [0.2, 0.25) is 5.88 Å². The van der Waals surface area contributed by atoms with Gasteiger partial charge in [0.05, 0.1) is 11.7 Å². The number of aliphatic hydroxyl groups is 1. The Bertz CT molecular complexity index is 934. The Morgan fingerprint density at radius 1 is 0.963 bits per heavy atom. The molecule has 0 radical (unpaired) electrons. The Balaban J connectivity index is 1.91. The standard InChI is InChI=1S/C22H23NO4/c1-16-13-20(26-14-18-9-5-3-6-10-18)23(22(25)21(16)17(2)24)27-15-19-11-7-4-8-12-19/h3-13,17,24H,14-15H2,1-2H3. The Labute approximate surface area is 158 Å². The summed E-state index contributed by atoms with van der Waals surface area (Å²) in [7, 11) is 0. The number of ether oxygens (including phenoxy) is 1. The number of aromatic nitrogens is 1. The molecule has 0 saturated heterocycles. The summed E-state index contributed by atoms with van der Waals surface area (Å²) in [4.78, 5) is 18.6. The Morgan fingerprint density at radius 2 is 1.52 bits per heavy atom. The highest BCUT2D eigenvalue weighted by atomic mass is 16.7. The van der Waals surface area contributed by atoms with Crippen molar-refractivity contribution in [2.24, 2.45) is 0 Å². The van der Waals surface area contributed by atoms with Crippen LogP contribution in [0.5, 0.6) is 5.88 Å². The molecule has 0 spiro atoms. The van der Waals surface area contributed by atoms with Crippen molar-refractivity contribution >= 4 is 0 Å². The van der Waals surface area contributed by atoms with Crippen LogP contribution in [0, 0.1) is 6.92 Å². The van der Waals surface area contributed by atoms with E-state index in [1.807, 2.05) is 60.7 Å². The maximum Gasteiger partial charge on any atom is 0.292 e. The Hall–Kier alpha value is -3.05. The number of nitrogens with zero attached hydrogens (tertiary/aromatic N) is 1. The fourth-order valence-electron chi connectivity index (χ4n) is 2.88. The van der Waals surface area contributed by atoms with E-state index in [1.54, 1.807) is 19.9 Å². The second-order valence-electron chi connectivity index (χ2n) is 6.39. The van der Waals surface area contributed by atoms with Gasteiger partial charge in [-0.2, -0.15) is 0 Å². The van der Waals surface area contributed by atoms with Crippen molar-refractivity contribution in [1.29, 1.82) is 0 Å². The van der Waals surface area contributed by atoms with Crippen LogP contribution in [0.3, 0.4) is 0 Å². The maximum absolute atomic E-state index is 12.9. The third kappa shape index (κ3) is 4.57. The molecule has 0 aliphatic rings. The molecule has 2 aromatic carbocycles. The zero-order valence-electron chi connectivity index (χ0n) is 15.5. The van der Waals surface area contributed by atoms with E-state index in [0.717, 1.165) is 15.9 Å². The van der Waals surface area contributed by atoms with E-state index < -0.39 is 11.7 Å². The minimum Gasteiger partial charge on any atom is -0.472 e. The molecule has 27 heavy (non-hydrogen) atoms. The number of aryl methyl sites for hydroxylation is 1. The SMILES string of the molecule is Cc1cc(OCc2ccccc2)n(OCc2ccccc2)c(=O)c1C(C)O. The van der Waals surface area contributed by atoms with Gasteiger partial charge >= 0.3 is 0 Å². The quantitative estimate of drug-likeness (QED) is 0.697. The molecule has 1 heterocycles. The number of pyridine rings is 1. The minimum atomic E-state index is -0.896. The fraction of sp³-hybridized carbons (Fsp3) is 0.227. The third-order valence-electron chi connectivity index (χ3n) is 4.23. The fourth-order valence-corrected chi connectivity index (χ4v) is 2.88. The first-order chi connectivity index (χ1) is 13.1. The average Bonchev–Trinajstić information content (AvgIpc) is 2.67. The van der Waals surface area contributed by atoms with Crippen LogP contribution in [0.2, 0.25) is 0 Å². The second kappa shape index (κ2) is 8.56. The highest BCUT2D eigenvalue weighted by molar-refractivity contribution is 5.31. The third-order valence-corrected chi connectivity index (χ3v) is 4.23. The topological polar surface area (TPSA) is 60.7 Å². The number of hydrogen-bond acceptors (Lipinski definition) is 4. The number of benzene rings is 2. The molecule has 0 saturated carbocycles. The summed E-state index contributed by atoms with van der Waals surface area (Å²) in [5.41, 5.74) is 2.46. The molecule has 0 fully saturated rings. The molecule has 3 rings (SSSR count). The molecule has 1 atom stereocenters. The molecule has 1 aromatic heterocycles. The largest absolute Gasteiger partial charge is 0.472 e. The number of hydrogen-bond donors (Lipinski definition) is 1. The van der Waals surface area contributed by atoms with Gasteiger partial charge < -0.3 is 14.7 Å². The van der Waals surface area contributed by atoms with Gasteiger partial charge in [-0.25, -0.2) is 0 Å². The van der Waals surface area contributed by atoms with Gasteiger partial charge in [-0.15, -0.1) is 4.73 Å². The molecule has 140 valence electrons. The number of aliphatic hydroxyl groups excluding tert-OH is 1. The van der Waals surface area contributed by atoms with Crippen molar-refractivity contribution < 1.29 is 14.7 Å². The smallest absolute Gasteiger partial charge is 0.292 e. The van der Waals surface area contributed by atoms with Crippen molar-refractivity contribution in [3.05, 3.63) is 99.3 Å². The van der Waals surface area contributed by atoms with Crippen LogP contribution in [0.15, 0.2) is 71.5 Å². The summed E-state index contributed by atoms with van der Waals surface area (Å²) in [6, 6.07) is 21.0. The summed E-state index contributed by atoms with van der Waals surface area (Å²) >= 11 is 0. The van der Waals surface area contributed by atoms with Crippen molar-refractivity contribution in [3.63, 3.8) is 0 Å². The molecular weight excluding hydrogens is 342 g/mol. The Kier molecular flexibility index (Phi) is 5.94. The first-order valence-corrected chi connectivity index (χ1v) is 8.85. The number of rotatable bonds is 7. The van der Waals surface area contributed by atoms with Crippen molar-refractivity contribution in [2.45, 2.75) is 33.2 Å². The summed E-state index contributed by atoms with van der Waals surface area (Å²) in [6.45, 7) is 3.86. The summed E-state index contributed by atoms with van der Waals surface area (Å²) < 4.78 is 6.99. The van der Waals surface area contributed by atoms with E-state index in [2.05, 4.69) is 0 Å². The lowest BCUT2D eigenvalue weighted by Crippen LogP contribution is -2.32. The van der Waals surface area contributed by atoms with Gasteiger partial charge in [-0.05, 0) is 30.5 Å². The lowest BCUT2D eigenvalue weighted by Gasteiger charge is -2.18. The molecule has 0 aliphatic carbocycles. The minimum absolute atomic E-state index is 0.213. The molecule has 5 nitrogen and oxygen atoms in total. The van der Waals surface area contributed by atoms with Gasteiger partial charge in [0, 0.05) is 6.07 Å². The van der Waals surface area contributed by atoms with Crippen LogP contribution in [0.4, 0.5) is 0 Å². The van der Waals surface area contributed by atoms with Gasteiger partial charge in [0.25, 0.3) is 5.56 Å².